The normalized spacial score (nSPS) is 11.4. The molecule has 0 amide bonds. The van der Waals surface area contributed by atoms with E-state index in [0.717, 1.165) is 0 Å². The molecular formula is C13H12ClNO3S. The van der Waals surface area contributed by atoms with Crippen molar-refractivity contribution < 1.29 is 13.2 Å². The van der Waals surface area contributed by atoms with E-state index in [1.54, 1.807) is 22.8 Å². The molecule has 0 unspecified atom stereocenters. The fourth-order valence-electron chi connectivity index (χ4n) is 1.97. The first-order valence-electron chi connectivity index (χ1n) is 5.61. The Morgan fingerprint density at radius 3 is 2.79 bits per heavy atom. The van der Waals surface area contributed by atoms with E-state index in [-0.39, 0.29) is 11.4 Å². The van der Waals surface area contributed by atoms with Gasteiger partial charge in [-0.2, -0.15) is 0 Å². The molecule has 0 fully saturated rings. The first-order valence-corrected chi connectivity index (χ1v) is 7.92. The SMILES string of the molecule is C#CCn1cc(S(=O)(=O)Cl)c2c(OCC)cccc21. The van der Waals surface area contributed by atoms with Crippen LogP contribution in [0.5, 0.6) is 5.75 Å². The van der Waals surface area contributed by atoms with Crippen molar-refractivity contribution in [1.82, 2.24) is 4.57 Å². The predicted molar refractivity (Wildman–Crippen MR) is 75.0 cm³/mol. The van der Waals surface area contributed by atoms with Gasteiger partial charge in [0.1, 0.15) is 10.6 Å². The van der Waals surface area contributed by atoms with Crippen LogP contribution in [0.4, 0.5) is 0 Å². The zero-order valence-corrected chi connectivity index (χ0v) is 11.8. The lowest BCUT2D eigenvalue weighted by Crippen LogP contribution is -1.95. The highest BCUT2D eigenvalue weighted by Gasteiger charge is 2.21. The Balaban J connectivity index is 2.84. The topological polar surface area (TPSA) is 48.3 Å². The van der Waals surface area contributed by atoms with E-state index in [0.29, 0.717) is 23.3 Å². The lowest BCUT2D eigenvalue weighted by molar-refractivity contribution is 0.344. The summed E-state index contributed by atoms with van der Waals surface area (Å²) in [5.41, 5.74) is 0.683. The van der Waals surface area contributed by atoms with Crippen molar-refractivity contribution in [1.29, 1.82) is 0 Å². The van der Waals surface area contributed by atoms with Crippen LogP contribution >= 0.6 is 10.7 Å². The average Bonchev–Trinajstić information content (AvgIpc) is 2.70. The summed E-state index contributed by atoms with van der Waals surface area (Å²) in [6.07, 6.45) is 6.72. The monoisotopic (exact) mass is 297 g/mol. The smallest absolute Gasteiger partial charge is 0.263 e. The highest BCUT2D eigenvalue weighted by Crippen LogP contribution is 2.35. The number of nitrogens with zero attached hydrogens (tertiary/aromatic N) is 1. The van der Waals surface area contributed by atoms with Crippen molar-refractivity contribution >= 4 is 30.6 Å². The molecule has 0 saturated carbocycles. The van der Waals surface area contributed by atoms with E-state index in [1.807, 2.05) is 6.92 Å². The summed E-state index contributed by atoms with van der Waals surface area (Å²) < 4.78 is 30.4. The minimum Gasteiger partial charge on any atom is -0.493 e. The molecule has 0 atom stereocenters. The summed E-state index contributed by atoms with van der Waals surface area (Å²) in [7, 11) is 1.61. The van der Waals surface area contributed by atoms with E-state index >= 15 is 0 Å². The molecule has 0 N–H and O–H groups in total. The molecule has 19 heavy (non-hydrogen) atoms. The number of rotatable bonds is 4. The van der Waals surface area contributed by atoms with Gasteiger partial charge in [-0.3, -0.25) is 0 Å². The summed E-state index contributed by atoms with van der Waals surface area (Å²) in [5.74, 6) is 2.96. The Hall–Kier alpha value is -1.64. The Morgan fingerprint density at radius 1 is 1.47 bits per heavy atom. The van der Waals surface area contributed by atoms with Crippen LogP contribution in [0.1, 0.15) is 6.92 Å². The van der Waals surface area contributed by atoms with Crippen molar-refractivity contribution in [2.75, 3.05) is 6.61 Å². The van der Waals surface area contributed by atoms with Gasteiger partial charge in [0, 0.05) is 16.9 Å². The summed E-state index contributed by atoms with van der Waals surface area (Å²) in [4.78, 5) is 0.0171. The van der Waals surface area contributed by atoms with Gasteiger partial charge in [-0.05, 0) is 19.1 Å². The molecule has 0 saturated heterocycles. The fraction of sp³-hybridized carbons (Fsp3) is 0.231. The second kappa shape index (κ2) is 5.16. The van der Waals surface area contributed by atoms with Crippen LogP contribution in [-0.2, 0) is 15.6 Å². The summed E-state index contributed by atoms with van der Waals surface area (Å²) >= 11 is 0. The van der Waals surface area contributed by atoms with Crippen molar-refractivity contribution in [3.63, 3.8) is 0 Å². The van der Waals surface area contributed by atoms with Gasteiger partial charge in [0.15, 0.2) is 0 Å². The van der Waals surface area contributed by atoms with Gasteiger partial charge in [-0.1, -0.05) is 12.0 Å². The zero-order chi connectivity index (χ0) is 14.0. The van der Waals surface area contributed by atoms with Crippen molar-refractivity contribution in [2.24, 2.45) is 0 Å². The third-order valence-electron chi connectivity index (χ3n) is 2.66. The number of aromatic nitrogens is 1. The van der Waals surface area contributed by atoms with Gasteiger partial charge in [0.05, 0.1) is 24.1 Å². The molecule has 1 heterocycles. The number of fused-ring (bicyclic) bond motifs is 1. The minimum absolute atomic E-state index is 0.0171. The van der Waals surface area contributed by atoms with Gasteiger partial charge in [0.25, 0.3) is 9.05 Å². The Labute approximate surface area is 116 Å². The molecule has 0 aliphatic heterocycles. The van der Waals surface area contributed by atoms with Crippen LogP contribution in [0.3, 0.4) is 0 Å². The van der Waals surface area contributed by atoms with Gasteiger partial charge >= 0.3 is 0 Å². The molecule has 0 radical (unpaired) electrons. The quantitative estimate of drug-likeness (QED) is 0.644. The largest absolute Gasteiger partial charge is 0.493 e. The number of hydrogen-bond acceptors (Lipinski definition) is 3. The maximum atomic E-state index is 11.7. The highest BCUT2D eigenvalue weighted by molar-refractivity contribution is 8.14. The number of benzene rings is 1. The van der Waals surface area contributed by atoms with Crippen LogP contribution in [-0.4, -0.2) is 19.6 Å². The van der Waals surface area contributed by atoms with E-state index in [2.05, 4.69) is 5.92 Å². The standard InChI is InChI=1S/C13H12ClNO3S/c1-3-8-15-9-12(19(14,16)17)13-10(15)6-5-7-11(13)18-4-2/h1,5-7,9H,4,8H2,2H3. The Morgan fingerprint density at radius 2 is 2.21 bits per heavy atom. The van der Waals surface area contributed by atoms with Crippen molar-refractivity contribution in [3.8, 4) is 18.1 Å². The second-order valence-electron chi connectivity index (χ2n) is 3.85. The van der Waals surface area contributed by atoms with Crippen LogP contribution in [0.2, 0.25) is 0 Å². The zero-order valence-electron chi connectivity index (χ0n) is 10.3. The molecule has 0 aliphatic rings. The molecule has 2 rings (SSSR count). The van der Waals surface area contributed by atoms with Gasteiger partial charge in [-0.15, -0.1) is 6.42 Å². The van der Waals surface area contributed by atoms with Gasteiger partial charge in [-0.25, -0.2) is 8.42 Å². The maximum absolute atomic E-state index is 11.7. The van der Waals surface area contributed by atoms with E-state index in [1.165, 1.54) is 6.20 Å². The van der Waals surface area contributed by atoms with Crippen LogP contribution in [0.15, 0.2) is 29.3 Å². The lowest BCUT2D eigenvalue weighted by Gasteiger charge is -2.06. The van der Waals surface area contributed by atoms with E-state index < -0.39 is 9.05 Å². The molecule has 0 spiro atoms. The van der Waals surface area contributed by atoms with Gasteiger partial charge < -0.3 is 9.30 Å². The molecule has 0 bridgehead atoms. The average molecular weight is 298 g/mol. The molecule has 6 heteroatoms. The molecular weight excluding hydrogens is 286 g/mol. The molecule has 1 aromatic carbocycles. The lowest BCUT2D eigenvalue weighted by atomic mass is 10.2. The summed E-state index contributed by atoms with van der Waals surface area (Å²) in [6.45, 7) is 2.52. The summed E-state index contributed by atoms with van der Waals surface area (Å²) in [5, 5.41) is 0.467. The fourth-order valence-corrected chi connectivity index (χ4v) is 3.03. The molecule has 2 aromatic rings. The Bertz CT molecular complexity index is 756. The predicted octanol–water partition coefficient (Wildman–Crippen LogP) is 2.60. The van der Waals surface area contributed by atoms with Crippen LogP contribution in [0, 0.1) is 12.3 Å². The van der Waals surface area contributed by atoms with Crippen molar-refractivity contribution in [2.45, 2.75) is 18.4 Å². The van der Waals surface area contributed by atoms with Crippen LogP contribution < -0.4 is 4.74 Å². The van der Waals surface area contributed by atoms with Crippen LogP contribution in [0.25, 0.3) is 10.9 Å². The number of hydrogen-bond donors (Lipinski definition) is 0. The first-order chi connectivity index (χ1) is 8.99. The number of terminal acetylenes is 1. The molecule has 0 aliphatic carbocycles. The highest BCUT2D eigenvalue weighted by atomic mass is 35.7. The minimum atomic E-state index is -3.86. The second-order valence-corrected chi connectivity index (χ2v) is 6.38. The van der Waals surface area contributed by atoms with E-state index in [9.17, 15) is 8.42 Å². The molecule has 4 nitrogen and oxygen atoms in total. The third-order valence-corrected chi connectivity index (χ3v) is 3.99. The summed E-state index contributed by atoms with van der Waals surface area (Å²) in [6, 6.07) is 5.27. The van der Waals surface area contributed by atoms with E-state index in [4.69, 9.17) is 21.8 Å². The van der Waals surface area contributed by atoms with Gasteiger partial charge in [0.2, 0.25) is 0 Å². The first kappa shape index (κ1) is 13.8. The number of ether oxygens (including phenoxy) is 1. The third kappa shape index (κ3) is 2.55. The molecule has 100 valence electrons. The molecule has 1 aromatic heterocycles. The maximum Gasteiger partial charge on any atom is 0.263 e. The van der Waals surface area contributed by atoms with Crippen molar-refractivity contribution in [3.05, 3.63) is 24.4 Å². The Kier molecular flexibility index (Phi) is 3.74. The number of halogens is 1.